The normalized spacial score (nSPS) is 11.3. The van der Waals surface area contributed by atoms with Crippen LogP contribution in [-0.2, 0) is 4.79 Å². The summed E-state index contributed by atoms with van der Waals surface area (Å²) in [6, 6.07) is 22.5. The van der Waals surface area contributed by atoms with Crippen LogP contribution in [0.25, 0.3) is 17.1 Å². The Kier molecular flexibility index (Phi) is 7.47. The largest absolute Gasteiger partial charge is 0.508 e. The van der Waals surface area contributed by atoms with E-state index in [9.17, 15) is 9.90 Å². The van der Waals surface area contributed by atoms with Crippen LogP contribution in [0.5, 0.6) is 11.5 Å². The van der Waals surface area contributed by atoms with Crippen molar-refractivity contribution in [2.24, 2.45) is 5.10 Å². The van der Waals surface area contributed by atoms with E-state index in [-0.39, 0.29) is 17.4 Å². The Bertz CT molecular complexity index is 1330. The number of phenols is 1. The second-order valence-electron chi connectivity index (χ2n) is 7.82. The number of amides is 1. The van der Waals surface area contributed by atoms with Crippen molar-refractivity contribution < 1.29 is 19.2 Å². The van der Waals surface area contributed by atoms with Gasteiger partial charge < -0.3 is 9.84 Å². The first kappa shape index (κ1) is 24.0. The molecule has 3 aromatic carbocycles. The van der Waals surface area contributed by atoms with Crippen LogP contribution in [0.15, 0.2) is 83.1 Å². The maximum Gasteiger partial charge on any atom is 0.342 e. The molecule has 0 fully saturated rings. The monoisotopic (exact) mass is 488 g/mol. The predicted octanol–water partition coefficient (Wildman–Crippen LogP) is 4.01. The van der Waals surface area contributed by atoms with E-state index in [0.717, 1.165) is 34.0 Å². The molecule has 0 unspecified atom stereocenters. The summed E-state index contributed by atoms with van der Waals surface area (Å²) < 4.78 is 7.26. The maximum absolute atomic E-state index is 12.5. The summed E-state index contributed by atoms with van der Waals surface area (Å²) in [7, 11) is 1.63. The molecule has 1 amide bonds. The summed E-state index contributed by atoms with van der Waals surface area (Å²) in [5.74, 6) is 1.62. The Morgan fingerprint density at radius 1 is 1.09 bits per heavy atom. The van der Waals surface area contributed by atoms with Crippen LogP contribution in [0.1, 0.15) is 18.1 Å². The number of nitrogens with one attached hydrogen (secondary N) is 2. The standard InChI is InChI=1S/C26H25N5O3S/c1-17-4-10-21(11-5-17)31-25(20-8-14-23(34-3)15-9-20)29-30-26(31)35-16-24(33)28-27-18(2)19-6-12-22(32)13-7-19/h4-15H,16H2,1-3H3,(H2,27,28,32,33)/p+1. The summed E-state index contributed by atoms with van der Waals surface area (Å²) in [5.41, 5.74) is 7.05. The molecular weight excluding hydrogens is 462 g/mol. The average Bonchev–Trinajstić information content (AvgIpc) is 3.31. The molecule has 0 aliphatic carbocycles. The number of H-pyrrole nitrogens is 1. The lowest BCUT2D eigenvalue weighted by atomic mass is 10.1. The lowest BCUT2D eigenvalue weighted by Gasteiger charge is -2.06. The summed E-state index contributed by atoms with van der Waals surface area (Å²) in [5, 5.41) is 21.8. The minimum atomic E-state index is -0.252. The lowest BCUT2D eigenvalue weighted by molar-refractivity contribution is -0.625. The fraction of sp³-hybridized carbons (Fsp3) is 0.154. The van der Waals surface area contributed by atoms with Crippen LogP contribution in [0, 0.1) is 6.92 Å². The second kappa shape index (κ2) is 10.9. The van der Waals surface area contributed by atoms with Crippen molar-refractivity contribution in [1.82, 2.24) is 15.6 Å². The summed E-state index contributed by atoms with van der Waals surface area (Å²) in [4.78, 5) is 12.5. The highest BCUT2D eigenvalue weighted by atomic mass is 32.2. The number of aromatic nitrogens is 3. The molecular formula is C26H26N5O3S+. The third kappa shape index (κ3) is 5.88. The first-order valence-electron chi connectivity index (χ1n) is 10.9. The van der Waals surface area contributed by atoms with Gasteiger partial charge in [-0.2, -0.15) is 9.67 Å². The quantitative estimate of drug-likeness (QED) is 0.151. The predicted molar refractivity (Wildman–Crippen MR) is 136 cm³/mol. The molecule has 4 rings (SSSR count). The molecule has 0 aliphatic heterocycles. The Hall–Kier alpha value is -4.11. The van der Waals surface area contributed by atoms with Crippen molar-refractivity contribution >= 4 is 23.4 Å². The van der Waals surface area contributed by atoms with Gasteiger partial charge in [-0.05, 0) is 91.8 Å². The fourth-order valence-corrected chi connectivity index (χ4v) is 4.11. The number of methoxy groups -OCH3 is 1. The number of ether oxygens (including phenoxy) is 1. The molecule has 4 aromatic rings. The number of hydrogen-bond donors (Lipinski definition) is 3. The number of rotatable bonds is 8. The molecule has 9 heteroatoms. The SMILES string of the molecule is COc1ccc(-c2[nH]nc(SCC(=O)NN=C(C)c3ccc(O)cc3)[n+]2-c2ccc(C)cc2)cc1. The zero-order chi connectivity index (χ0) is 24.8. The molecule has 1 aromatic heterocycles. The zero-order valence-electron chi connectivity index (χ0n) is 19.6. The molecule has 1 heterocycles. The highest BCUT2D eigenvalue weighted by Gasteiger charge is 2.24. The van der Waals surface area contributed by atoms with E-state index in [4.69, 9.17) is 4.74 Å². The van der Waals surface area contributed by atoms with Gasteiger partial charge in [0.15, 0.2) is 0 Å². The van der Waals surface area contributed by atoms with E-state index in [0.29, 0.717) is 10.9 Å². The molecule has 0 bridgehead atoms. The number of benzene rings is 3. The van der Waals surface area contributed by atoms with Crippen LogP contribution in [0.2, 0.25) is 0 Å². The smallest absolute Gasteiger partial charge is 0.342 e. The minimum absolute atomic E-state index is 0.130. The van der Waals surface area contributed by atoms with E-state index >= 15 is 0 Å². The topological polar surface area (TPSA) is 103 Å². The van der Waals surface area contributed by atoms with E-state index in [1.807, 2.05) is 60.0 Å². The molecule has 35 heavy (non-hydrogen) atoms. The van der Waals surface area contributed by atoms with Crippen molar-refractivity contribution in [3.8, 4) is 28.6 Å². The molecule has 0 saturated carbocycles. The van der Waals surface area contributed by atoms with Gasteiger partial charge in [0.1, 0.15) is 17.2 Å². The number of hydrazone groups is 1. The molecule has 0 aliphatic rings. The van der Waals surface area contributed by atoms with Crippen LogP contribution in [-0.4, -0.2) is 39.8 Å². The second-order valence-corrected chi connectivity index (χ2v) is 8.76. The molecule has 8 nitrogen and oxygen atoms in total. The van der Waals surface area contributed by atoms with Crippen molar-refractivity contribution in [3.63, 3.8) is 0 Å². The highest BCUT2D eigenvalue weighted by Crippen LogP contribution is 2.22. The summed E-state index contributed by atoms with van der Waals surface area (Å²) in [6.07, 6.45) is 0. The van der Waals surface area contributed by atoms with E-state index < -0.39 is 0 Å². The van der Waals surface area contributed by atoms with Gasteiger partial charge in [-0.15, -0.1) is 5.10 Å². The number of aromatic amines is 1. The van der Waals surface area contributed by atoms with Crippen molar-refractivity contribution in [3.05, 3.63) is 83.9 Å². The molecule has 178 valence electrons. The van der Waals surface area contributed by atoms with E-state index in [2.05, 4.69) is 20.7 Å². The Labute approximate surface area is 207 Å². The molecule has 0 radical (unpaired) electrons. The van der Waals surface area contributed by atoms with Crippen molar-refractivity contribution in [2.45, 2.75) is 19.0 Å². The number of carbonyl (C=O) groups excluding carboxylic acids is 1. The Balaban J connectivity index is 1.53. The average molecular weight is 489 g/mol. The number of thioether (sulfide) groups is 1. The van der Waals surface area contributed by atoms with Gasteiger partial charge in [0, 0.05) is 0 Å². The molecule has 3 N–H and O–H groups in total. The number of nitrogens with zero attached hydrogens (tertiary/aromatic N) is 3. The van der Waals surface area contributed by atoms with Crippen molar-refractivity contribution in [2.75, 3.05) is 12.9 Å². The Morgan fingerprint density at radius 3 is 2.43 bits per heavy atom. The first-order chi connectivity index (χ1) is 16.9. The summed E-state index contributed by atoms with van der Waals surface area (Å²) in [6.45, 7) is 3.83. The zero-order valence-corrected chi connectivity index (χ0v) is 20.5. The van der Waals surface area contributed by atoms with Gasteiger partial charge in [-0.25, -0.2) is 5.43 Å². The van der Waals surface area contributed by atoms with Crippen LogP contribution < -0.4 is 14.7 Å². The third-order valence-corrected chi connectivity index (χ3v) is 6.23. The van der Waals surface area contributed by atoms with E-state index in [1.54, 1.807) is 38.3 Å². The number of hydrogen-bond acceptors (Lipinski definition) is 6. The molecule has 0 spiro atoms. The lowest BCUT2D eigenvalue weighted by Crippen LogP contribution is -2.34. The van der Waals surface area contributed by atoms with Gasteiger partial charge >= 0.3 is 5.16 Å². The van der Waals surface area contributed by atoms with Crippen LogP contribution in [0.4, 0.5) is 0 Å². The third-order valence-electron chi connectivity index (χ3n) is 5.29. The van der Waals surface area contributed by atoms with Gasteiger partial charge in [-0.1, -0.05) is 17.7 Å². The van der Waals surface area contributed by atoms with Gasteiger partial charge in [0.25, 0.3) is 11.7 Å². The van der Waals surface area contributed by atoms with Crippen LogP contribution >= 0.6 is 11.8 Å². The first-order valence-corrected chi connectivity index (χ1v) is 11.9. The van der Waals surface area contributed by atoms with Gasteiger partial charge in [0.05, 0.1) is 29.2 Å². The van der Waals surface area contributed by atoms with Crippen LogP contribution in [0.3, 0.4) is 0 Å². The fourth-order valence-electron chi connectivity index (χ4n) is 3.34. The summed E-state index contributed by atoms with van der Waals surface area (Å²) >= 11 is 1.31. The van der Waals surface area contributed by atoms with Gasteiger partial charge in [0.2, 0.25) is 0 Å². The molecule has 0 saturated heterocycles. The number of carbonyl (C=O) groups is 1. The number of aromatic hydroxyl groups is 1. The number of phenolic OH excluding ortho intramolecular Hbond substituents is 1. The molecule has 0 atom stereocenters. The van der Waals surface area contributed by atoms with Crippen molar-refractivity contribution in [1.29, 1.82) is 0 Å². The highest BCUT2D eigenvalue weighted by molar-refractivity contribution is 7.99. The minimum Gasteiger partial charge on any atom is -0.508 e. The maximum atomic E-state index is 12.5. The number of aryl methyl sites for hydroxylation is 1. The van der Waals surface area contributed by atoms with Gasteiger partial charge in [-0.3, -0.25) is 4.79 Å². The van der Waals surface area contributed by atoms with E-state index in [1.165, 1.54) is 11.8 Å². The Morgan fingerprint density at radius 2 is 1.77 bits per heavy atom.